The highest BCUT2D eigenvalue weighted by Gasteiger charge is 2.48. The molecule has 41 heavy (non-hydrogen) atoms. The number of amides is 1. The summed E-state index contributed by atoms with van der Waals surface area (Å²) in [5.74, 6) is -0.734. The first-order valence-electron chi connectivity index (χ1n) is 14.3. The van der Waals surface area contributed by atoms with E-state index in [0.29, 0.717) is 12.8 Å². The van der Waals surface area contributed by atoms with Crippen molar-refractivity contribution in [1.82, 2.24) is 5.32 Å². The van der Waals surface area contributed by atoms with Gasteiger partial charge in [-0.1, -0.05) is 70.3 Å². The molecular formula is C27H49NO12S. The number of hydrogen-bond donors (Lipinski definition) is 7. The van der Waals surface area contributed by atoms with Crippen LogP contribution >= 0.6 is 0 Å². The van der Waals surface area contributed by atoms with Crippen LogP contribution in [0.2, 0.25) is 0 Å². The lowest BCUT2D eigenvalue weighted by Crippen LogP contribution is -2.61. The molecule has 0 bridgehead atoms. The SMILES string of the molecule is CCC/C=C/C(O)C(COC1OC(CO)C(O)C(OS(=O)(=O)O)C1O)NC(=O)C(O)CCCCC/C=C\CCCC. The third-order valence-electron chi connectivity index (χ3n) is 6.57. The van der Waals surface area contributed by atoms with Crippen LogP contribution in [0, 0.1) is 0 Å². The Bertz CT molecular complexity index is 884. The van der Waals surface area contributed by atoms with Crippen LogP contribution in [0.1, 0.15) is 78.1 Å². The Kier molecular flexibility index (Phi) is 18.7. The van der Waals surface area contributed by atoms with Crippen LogP contribution in [0.3, 0.4) is 0 Å². The predicted octanol–water partition coefficient (Wildman–Crippen LogP) is 0.890. The number of carbonyl (C=O) groups is 1. The molecule has 0 saturated carbocycles. The summed E-state index contributed by atoms with van der Waals surface area (Å²) >= 11 is 0. The highest BCUT2D eigenvalue weighted by Crippen LogP contribution is 2.25. The molecule has 0 aliphatic carbocycles. The molecular weight excluding hydrogens is 562 g/mol. The number of carbonyl (C=O) groups excluding carboxylic acids is 1. The molecule has 1 heterocycles. The number of unbranched alkanes of at least 4 members (excludes halogenated alkanes) is 6. The Morgan fingerprint density at radius 1 is 0.976 bits per heavy atom. The smallest absolute Gasteiger partial charge is 0.394 e. The van der Waals surface area contributed by atoms with Crippen LogP contribution < -0.4 is 5.32 Å². The van der Waals surface area contributed by atoms with Crippen molar-refractivity contribution in [3.05, 3.63) is 24.3 Å². The van der Waals surface area contributed by atoms with Crippen LogP contribution in [-0.2, 0) is 28.9 Å². The number of rotatable bonds is 21. The molecule has 8 atom stereocenters. The van der Waals surface area contributed by atoms with E-state index in [0.717, 1.165) is 44.9 Å². The van der Waals surface area contributed by atoms with E-state index in [9.17, 15) is 38.7 Å². The average molecular weight is 612 g/mol. The molecule has 1 aliphatic rings. The van der Waals surface area contributed by atoms with E-state index in [2.05, 4.69) is 28.6 Å². The number of allylic oxidation sites excluding steroid dienone is 3. The molecule has 8 unspecified atom stereocenters. The van der Waals surface area contributed by atoms with Gasteiger partial charge in [-0.2, -0.15) is 8.42 Å². The maximum Gasteiger partial charge on any atom is 0.397 e. The number of hydrogen-bond acceptors (Lipinski definition) is 11. The normalized spacial score (nSPS) is 25.9. The standard InChI is InChI=1S/C27H49NO12S/c1-3-5-7-8-9-10-11-12-14-16-21(31)26(34)28-19(20(30)15-13-6-4-2)18-38-27-24(33)25(40-41(35,36)37)23(32)22(17-29)39-27/h8-9,13,15,19-25,27,29-33H,3-7,10-12,14,16-18H2,1-2H3,(H,28,34)(H,35,36,37)/b9-8-,15-13+. The van der Waals surface area contributed by atoms with E-state index in [-0.39, 0.29) is 6.42 Å². The molecule has 0 aromatic carbocycles. The van der Waals surface area contributed by atoms with Crippen molar-refractivity contribution in [3.63, 3.8) is 0 Å². The molecule has 1 fully saturated rings. The van der Waals surface area contributed by atoms with Gasteiger partial charge in [-0.3, -0.25) is 9.35 Å². The summed E-state index contributed by atoms with van der Waals surface area (Å²) in [5, 5.41) is 53.7. The van der Waals surface area contributed by atoms with Gasteiger partial charge in [0, 0.05) is 0 Å². The fourth-order valence-electron chi connectivity index (χ4n) is 4.15. The summed E-state index contributed by atoms with van der Waals surface area (Å²) in [5.41, 5.74) is 0. The lowest BCUT2D eigenvalue weighted by Gasteiger charge is -2.41. The zero-order valence-corrected chi connectivity index (χ0v) is 24.8. The van der Waals surface area contributed by atoms with Gasteiger partial charge in [0.2, 0.25) is 5.91 Å². The fraction of sp³-hybridized carbons (Fsp3) is 0.815. The fourth-order valence-corrected chi connectivity index (χ4v) is 4.66. The first-order chi connectivity index (χ1) is 19.4. The molecule has 0 aromatic heterocycles. The highest BCUT2D eigenvalue weighted by atomic mass is 32.3. The van der Waals surface area contributed by atoms with Crippen LogP contribution in [0.25, 0.3) is 0 Å². The van der Waals surface area contributed by atoms with Crippen molar-refractivity contribution < 1.29 is 57.0 Å². The van der Waals surface area contributed by atoms with Crippen molar-refractivity contribution in [2.75, 3.05) is 13.2 Å². The van der Waals surface area contributed by atoms with Gasteiger partial charge in [0.05, 0.1) is 25.4 Å². The molecule has 240 valence electrons. The third kappa shape index (κ3) is 15.0. The quantitative estimate of drug-likeness (QED) is 0.0548. The van der Waals surface area contributed by atoms with E-state index in [4.69, 9.17) is 14.0 Å². The van der Waals surface area contributed by atoms with Crippen LogP contribution in [0.4, 0.5) is 0 Å². The van der Waals surface area contributed by atoms with Gasteiger partial charge in [0.25, 0.3) is 0 Å². The van der Waals surface area contributed by atoms with Gasteiger partial charge in [-0.25, -0.2) is 4.18 Å². The summed E-state index contributed by atoms with van der Waals surface area (Å²) in [4.78, 5) is 12.7. The first kappa shape index (κ1) is 37.6. The van der Waals surface area contributed by atoms with E-state index < -0.39 is 78.5 Å². The number of ether oxygens (including phenoxy) is 2. The maximum atomic E-state index is 12.7. The van der Waals surface area contributed by atoms with E-state index in [1.807, 2.05) is 6.92 Å². The van der Waals surface area contributed by atoms with Crippen molar-refractivity contribution in [3.8, 4) is 0 Å². The number of aliphatic hydroxyl groups is 5. The summed E-state index contributed by atoms with van der Waals surface area (Å²) in [6.45, 7) is 2.80. The minimum Gasteiger partial charge on any atom is -0.394 e. The van der Waals surface area contributed by atoms with E-state index in [1.54, 1.807) is 6.08 Å². The molecule has 1 aliphatic heterocycles. The number of nitrogens with one attached hydrogen (secondary N) is 1. The van der Waals surface area contributed by atoms with Gasteiger partial charge >= 0.3 is 10.4 Å². The van der Waals surface area contributed by atoms with Gasteiger partial charge in [-0.05, 0) is 32.1 Å². The van der Waals surface area contributed by atoms with Crippen molar-refractivity contribution in [2.24, 2.45) is 0 Å². The Morgan fingerprint density at radius 2 is 1.66 bits per heavy atom. The molecule has 7 N–H and O–H groups in total. The lowest BCUT2D eigenvalue weighted by molar-refractivity contribution is -0.298. The second-order valence-electron chi connectivity index (χ2n) is 10.1. The molecule has 0 aromatic rings. The molecule has 1 rings (SSSR count). The van der Waals surface area contributed by atoms with Crippen molar-refractivity contribution >= 4 is 16.3 Å². The summed E-state index contributed by atoms with van der Waals surface area (Å²) in [6.07, 6.45) is 4.44. The van der Waals surface area contributed by atoms with Gasteiger partial charge in [-0.15, -0.1) is 0 Å². The Morgan fingerprint density at radius 3 is 2.27 bits per heavy atom. The maximum absolute atomic E-state index is 12.7. The molecule has 0 radical (unpaired) electrons. The summed E-state index contributed by atoms with van der Waals surface area (Å²) in [7, 11) is -5.10. The zero-order valence-electron chi connectivity index (χ0n) is 24.0. The van der Waals surface area contributed by atoms with Crippen LogP contribution in [-0.4, -0.2) is 107 Å². The largest absolute Gasteiger partial charge is 0.397 e. The topological polar surface area (TPSA) is 212 Å². The van der Waals surface area contributed by atoms with Crippen molar-refractivity contribution in [2.45, 2.75) is 127 Å². The Hall–Kier alpha value is -1.46. The van der Waals surface area contributed by atoms with Crippen molar-refractivity contribution in [1.29, 1.82) is 0 Å². The second-order valence-corrected chi connectivity index (χ2v) is 11.2. The lowest BCUT2D eigenvalue weighted by atomic mass is 9.99. The highest BCUT2D eigenvalue weighted by molar-refractivity contribution is 7.80. The first-order valence-corrected chi connectivity index (χ1v) is 15.7. The number of aliphatic hydroxyl groups excluding tert-OH is 5. The Labute approximate surface area is 243 Å². The Balaban J connectivity index is 2.77. The minimum absolute atomic E-state index is 0.218. The minimum atomic E-state index is -5.10. The van der Waals surface area contributed by atoms with Gasteiger partial charge in [0.1, 0.15) is 30.5 Å². The van der Waals surface area contributed by atoms with Crippen LogP contribution in [0.15, 0.2) is 24.3 Å². The molecule has 1 saturated heterocycles. The molecule has 1 amide bonds. The van der Waals surface area contributed by atoms with E-state index >= 15 is 0 Å². The summed E-state index contributed by atoms with van der Waals surface area (Å²) < 4.78 is 46.5. The summed E-state index contributed by atoms with van der Waals surface area (Å²) in [6, 6.07) is -1.12. The second kappa shape index (κ2) is 20.4. The van der Waals surface area contributed by atoms with E-state index in [1.165, 1.54) is 6.08 Å². The monoisotopic (exact) mass is 611 g/mol. The molecule has 0 spiro atoms. The predicted molar refractivity (Wildman–Crippen MR) is 150 cm³/mol. The molecule has 13 nitrogen and oxygen atoms in total. The van der Waals surface area contributed by atoms with Gasteiger partial charge < -0.3 is 40.3 Å². The van der Waals surface area contributed by atoms with Gasteiger partial charge in [0.15, 0.2) is 6.29 Å². The van der Waals surface area contributed by atoms with Crippen LogP contribution in [0.5, 0.6) is 0 Å². The zero-order chi connectivity index (χ0) is 30.8. The average Bonchev–Trinajstić information content (AvgIpc) is 2.92. The third-order valence-corrected chi connectivity index (χ3v) is 7.03. The molecule has 14 heteroatoms.